The Morgan fingerprint density at radius 1 is 1.30 bits per heavy atom. The Morgan fingerprint density at radius 3 is 2.85 bits per heavy atom. The zero-order valence-corrected chi connectivity index (χ0v) is 10.5. The molecule has 2 N–H and O–H groups in total. The fourth-order valence-corrected chi connectivity index (χ4v) is 1.68. The molecule has 0 aliphatic rings. The van der Waals surface area contributed by atoms with E-state index in [1.807, 2.05) is 6.07 Å². The van der Waals surface area contributed by atoms with Gasteiger partial charge in [0.05, 0.1) is 17.4 Å². The summed E-state index contributed by atoms with van der Waals surface area (Å²) in [4.78, 5) is 12.0. The van der Waals surface area contributed by atoms with Crippen molar-refractivity contribution in [2.75, 3.05) is 5.32 Å². The van der Waals surface area contributed by atoms with Gasteiger partial charge in [0, 0.05) is 6.92 Å². The molecule has 100 valence electrons. The number of benzene rings is 1. The Bertz CT molecular complexity index is 734. The Balaban J connectivity index is 1.92. The molecule has 0 bridgehead atoms. The third kappa shape index (κ3) is 2.26. The molecule has 0 unspecified atom stereocenters. The number of hydrogen-bond acceptors (Lipinski definition) is 6. The number of aromatic amines is 1. The number of carbonyl (C=O) groups is 1. The summed E-state index contributed by atoms with van der Waals surface area (Å²) in [7, 11) is 0. The van der Waals surface area contributed by atoms with Gasteiger partial charge in [-0.15, -0.1) is 10.2 Å². The number of para-hydroxylation sites is 1. The lowest BCUT2D eigenvalue weighted by atomic mass is 10.1. The smallest absolute Gasteiger partial charge is 0.277 e. The van der Waals surface area contributed by atoms with E-state index in [2.05, 4.69) is 30.9 Å². The summed E-state index contributed by atoms with van der Waals surface area (Å²) in [6.07, 6.45) is 1.34. The molecule has 0 spiro atoms. The average Bonchev–Trinajstić information content (AvgIpc) is 3.10. The summed E-state index contributed by atoms with van der Waals surface area (Å²) in [5, 5.41) is 20.1. The van der Waals surface area contributed by atoms with Crippen molar-refractivity contribution in [3.8, 4) is 11.5 Å². The third-order valence-electron chi connectivity index (χ3n) is 2.58. The number of carbonyl (C=O) groups excluding carboxylic acids is 1. The fraction of sp³-hybridized carbons (Fsp3) is 0.0833. The van der Waals surface area contributed by atoms with Gasteiger partial charge in [-0.1, -0.05) is 12.1 Å². The van der Waals surface area contributed by atoms with Gasteiger partial charge in [0.15, 0.2) is 5.69 Å². The summed E-state index contributed by atoms with van der Waals surface area (Å²) in [5.41, 5.74) is 1.40. The number of amides is 1. The Morgan fingerprint density at radius 2 is 2.15 bits per heavy atom. The van der Waals surface area contributed by atoms with E-state index in [1.165, 1.54) is 6.20 Å². The highest BCUT2D eigenvalue weighted by Gasteiger charge is 2.15. The molecular weight excluding hydrogens is 260 g/mol. The molecule has 3 rings (SSSR count). The van der Waals surface area contributed by atoms with Gasteiger partial charge in [0.1, 0.15) is 0 Å². The maximum absolute atomic E-state index is 12.0. The first-order valence-corrected chi connectivity index (χ1v) is 5.80. The van der Waals surface area contributed by atoms with Crippen LogP contribution >= 0.6 is 0 Å². The molecule has 0 aliphatic heterocycles. The number of rotatable bonds is 3. The molecule has 0 fully saturated rings. The topological polar surface area (TPSA) is 110 Å². The first-order valence-electron chi connectivity index (χ1n) is 5.80. The molecule has 8 heteroatoms. The normalized spacial score (nSPS) is 10.4. The zero-order chi connectivity index (χ0) is 13.9. The molecular formula is C12H10N6O2. The lowest BCUT2D eigenvalue weighted by Crippen LogP contribution is -2.13. The first kappa shape index (κ1) is 12.0. The minimum absolute atomic E-state index is 0.196. The average molecular weight is 270 g/mol. The summed E-state index contributed by atoms with van der Waals surface area (Å²) >= 11 is 0. The molecule has 20 heavy (non-hydrogen) atoms. The molecule has 0 saturated heterocycles. The van der Waals surface area contributed by atoms with Crippen LogP contribution in [0.3, 0.4) is 0 Å². The second-order valence-electron chi connectivity index (χ2n) is 3.98. The molecule has 2 heterocycles. The van der Waals surface area contributed by atoms with Gasteiger partial charge >= 0.3 is 0 Å². The molecule has 1 aromatic carbocycles. The molecule has 0 radical (unpaired) electrons. The standard InChI is InChI=1S/C12H10N6O2/c1-7-15-17-12(20-7)8-4-2-3-5-9(8)14-11(19)10-6-13-18-16-10/h2-6H,1H3,(H,14,19)(H,13,16,18). The summed E-state index contributed by atoms with van der Waals surface area (Å²) in [6, 6.07) is 7.14. The molecule has 0 atom stereocenters. The first-order chi connectivity index (χ1) is 9.74. The molecule has 3 aromatic rings. The van der Waals surface area contributed by atoms with Gasteiger partial charge in [-0.05, 0) is 12.1 Å². The van der Waals surface area contributed by atoms with E-state index >= 15 is 0 Å². The van der Waals surface area contributed by atoms with E-state index in [9.17, 15) is 4.79 Å². The highest BCUT2D eigenvalue weighted by atomic mass is 16.4. The van der Waals surface area contributed by atoms with Gasteiger partial charge in [0.25, 0.3) is 5.91 Å². The fourth-order valence-electron chi connectivity index (χ4n) is 1.68. The minimum atomic E-state index is -0.373. The van der Waals surface area contributed by atoms with Crippen molar-refractivity contribution in [3.05, 3.63) is 42.0 Å². The molecule has 0 saturated carbocycles. The predicted octanol–water partition coefficient (Wildman–Crippen LogP) is 1.42. The van der Waals surface area contributed by atoms with Crippen LogP contribution in [0.2, 0.25) is 0 Å². The quantitative estimate of drug-likeness (QED) is 0.744. The van der Waals surface area contributed by atoms with Crippen LogP contribution in [0.15, 0.2) is 34.9 Å². The van der Waals surface area contributed by atoms with Crippen LogP contribution in [0.25, 0.3) is 11.5 Å². The molecule has 2 aromatic heterocycles. The highest BCUT2D eigenvalue weighted by molar-refractivity contribution is 6.04. The zero-order valence-electron chi connectivity index (χ0n) is 10.5. The maximum atomic E-state index is 12.0. The Kier molecular flexibility index (Phi) is 2.96. The van der Waals surface area contributed by atoms with Crippen molar-refractivity contribution in [2.45, 2.75) is 6.92 Å². The van der Waals surface area contributed by atoms with Gasteiger partial charge in [-0.3, -0.25) is 4.79 Å². The van der Waals surface area contributed by atoms with Crippen LogP contribution in [0, 0.1) is 6.92 Å². The van der Waals surface area contributed by atoms with Crippen LogP contribution < -0.4 is 5.32 Å². The summed E-state index contributed by atoms with van der Waals surface area (Å²) in [5.74, 6) is 0.429. The van der Waals surface area contributed by atoms with Crippen molar-refractivity contribution >= 4 is 11.6 Å². The van der Waals surface area contributed by atoms with Crippen LogP contribution in [-0.4, -0.2) is 31.5 Å². The molecule has 8 nitrogen and oxygen atoms in total. The third-order valence-corrected chi connectivity index (χ3v) is 2.58. The predicted molar refractivity (Wildman–Crippen MR) is 68.8 cm³/mol. The second kappa shape index (κ2) is 4.92. The number of aryl methyl sites for hydroxylation is 1. The Labute approximate surface area is 113 Å². The van der Waals surface area contributed by atoms with Crippen molar-refractivity contribution in [3.63, 3.8) is 0 Å². The minimum Gasteiger partial charge on any atom is -0.421 e. The van der Waals surface area contributed by atoms with Gasteiger partial charge in [-0.25, -0.2) is 0 Å². The van der Waals surface area contributed by atoms with E-state index < -0.39 is 0 Å². The van der Waals surface area contributed by atoms with Crippen LogP contribution in [0.4, 0.5) is 5.69 Å². The molecule has 1 amide bonds. The van der Waals surface area contributed by atoms with E-state index in [0.29, 0.717) is 23.0 Å². The lowest BCUT2D eigenvalue weighted by molar-refractivity contribution is 0.102. The van der Waals surface area contributed by atoms with Crippen molar-refractivity contribution in [2.24, 2.45) is 0 Å². The number of H-pyrrole nitrogens is 1. The largest absolute Gasteiger partial charge is 0.421 e. The van der Waals surface area contributed by atoms with Gasteiger partial charge in [-0.2, -0.15) is 15.4 Å². The number of aromatic nitrogens is 5. The lowest BCUT2D eigenvalue weighted by Gasteiger charge is -2.06. The summed E-state index contributed by atoms with van der Waals surface area (Å²) < 4.78 is 5.37. The van der Waals surface area contributed by atoms with E-state index in [-0.39, 0.29) is 11.6 Å². The monoisotopic (exact) mass is 270 g/mol. The second-order valence-corrected chi connectivity index (χ2v) is 3.98. The highest BCUT2D eigenvalue weighted by Crippen LogP contribution is 2.26. The van der Waals surface area contributed by atoms with Gasteiger partial charge in [0.2, 0.25) is 11.8 Å². The van der Waals surface area contributed by atoms with Crippen LogP contribution in [-0.2, 0) is 0 Å². The van der Waals surface area contributed by atoms with E-state index in [0.717, 1.165) is 0 Å². The van der Waals surface area contributed by atoms with Crippen molar-refractivity contribution in [1.82, 2.24) is 25.6 Å². The maximum Gasteiger partial charge on any atom is 0.277 e. The van der Waals surface area contributed by atoms with Crippen LogP contribution in [0.5, 0.6) is 0 Å². The number of anilines is 1. The number of nitrogens with one attached hydrogen (secondary N) is 2. The van der Waals surface area contributed by atoms with E-state index in [1.54, 1.807) is 25.1 Å². The van der Waals surface area contributed by atoms with Crippen LogP contribution in [0.1, 0.15) is 16.4 Å². The molecule has 0 aliphatic carbocycles. The number of nitrogens with zero attached hydrogens (tertiary/aromatic N) is 4. The van der Waals surface area contributed by atoms with Crippen molar-refractivity contribution in [1.29, 1.82) is 0 Å². The summed E-state index contributed by atoms with van der Waals surface area (Å²) in [6.45, 7) is 1.70. The van der Waals surface area contributed by atoms with E-state index in [4.69, 9.17) is 4.42 Å². The van der Waals surface area contributed by atoms with Crippen molar-refractivity contribution < 1.29 is 9.21 Å². The Hall–Kier alpha value is -3.03. The number of hydrogen-bond donors (Lipinski definition) is 2. The SMILES string of the molecule is Cc1nnc(-c2ccccc2NC(=O)c2cn[nH]n2)o1. The van der Waals surface area contributed by atoms with Gasteiger partial charge < -0.3 is 9.73 Å².